The Balaban J connectivity index is 1.91. The van der Waals surface area contributed by atoms with Crippen molar-refractivity contribution in [2.45, 2.75) is 39.0 Å². The molecule has 0 amide bonds. The second kappa shape index (κ2) is 6.95. The minimum Gasteiger partial charge on any atom is -0.392 e. The highest BCUT2D eigenvalue weighted by Crippen LogP contribution is 2.21. The first-order chi connectivity index (χ1) is 9.10. The van der Waals surface area contributed by atoms with E-state index in [-0.39, 0.29) is 6.10 Å². The molecule has 1 aromatic rings. The summed E-state index contributed by atoms with van der Waals surface area (Å²) < 4.78 is 4.56. The molecule has 1 aliphatic heterocycles. The second-order valence-corrected chi connectivity index (χ2v) is 6.49. The van der Waals surface area contributed by atoms with Crippen molar-refractivity contribution in [1.29, 1.82) is 0 Å². The van der Waals surface area contributed by atoms with Gasteiger partial charge in [0.1, 0.15) is 10.0 Å². The zero-order chi connectivity index (χ0) is 13.8. The predicted molar refractivity (Wildman–Crippen MR) is 77.5 cm³/mol. The van der Waals surface area contributed by atoms with E-state index < -0.39 is 0 Å². The van der Waals surface area contributed by atoms with E-state index in [0.717, 1.165) is 44.8 Å². The summed E-state index contributed by atoms with van der Waals surface area (Å²) >= 11 is 7.29. The average molecular weight is 305 g/mol. The number of aliphatic hydroxyl groups excluding tert-OH is 1. The van der Waals surface area contributed by atoms with Gasteiger partial charge in [0.15, 0.2) is 0 Å². The molecule has 0 aliphatic carbocycles. The summed E-state index contributed by atoms with van der Waals surface area (Å²) in [5, 5.41) is 13.6. The number of hydrogen-bond acceptors (Lipinski definition) is 6. The van der Waals surface area contributed by atoms with E-state index in [4.69, 9.17) is 11.6 Å². The van der Waals surface area contributed by atoms with Crippen LogP contribution in [0.4, 0.5) is 0 Å². The van der Waals surface area contributed by atoms with Gasteiger partial charge in [-0.25, -0.2) is 0 Å². The number of hydrogen-bond donors (Lipinski definition) is 1. The first-order valence-corrected chi connectivity index (χ1v) is 7.86. The van der Waals surface area contributed by atoms with Gasteiger partial charge in [0.05, 0.1) is 6.10 Å². The normalized spacial score (nSPS) is 23.7. The van der Waals surface area contributed by atoms with E-state index in [1.54, 1.807) is 0 Å². The van der Waals surface area contributed by atoms with Gasteiger partial charge >= 0.3 is 0 Å². The Labute approximate surface area is 123 Å². The Bertz CT molecular complexity index is 401. The van der Waals surface area contributed by atoms with Crippen LogP contribution in [-0.2, 0) is 6.54 Å². The largest absolute Gasteiger partial charge is 0.392 e. The molecule has 1 saturated heterocycles. The number of halogens is 1. The lowest BCUT2D eigenvalue weighted by atomic mass is 10.1. The van der Waals surface area contributed by atoms with Crippen molar-refractivity contribution in [3.05, 3.63) is 10.0 Å². The SMILES string of the molecule is CC[C@@H]1CN(Cc2nnsc2Cl)CCN1C[C@@H](C)O. The number of β-amino-alcohol motifs (C(OH)–C–C–N with tert-alkyl or cyclic N) is 1. The maximum Gasteiger partial charge on any atom is 0.138 e. The highest BCUT2D eigenvalue weighted by atomic mass is 35.5. The number of nitrogens with zero attached hydrogens (tertiary/aromatic N) is 4. The van der Waals surface area contributed by atoms with Gasteiger partial charge in [0.25, 0.3) is 0 Å². The van der Waals surface area contributed by atoms with Gasteiger partial charge in [-0.3, -0.25) is 9.80 Å². The highest BCUT2D eigenvalue weighted by Gasteiger charge is 2.27. The van der Waals surface area contributed by atoms with Crippen molar-refractivity contribution in [2.75, 3.05) is 26.2 Å². The molecule has 108 valence electrons. The molecule has 1 N–H and O–H groups in total. The third kappa shape index (κ3) is 4.10. The van der Waals surface area contributed by atoms with Crippen molar-refractivity contribution >= 4 is 23.1 Å². The quantitative estimate of drug-likeness (QED) is 0.893. The van der Waals surface area contributed by atoms with Crippen LogP contribution in [0.25, 0.3) is 0 Å². The monoisotopic (exact) mass is 304 g/mol. The molecule has 0 unspecified atom stereocenters. The minimum absolute atomic E-state index is 0.266. The molecule has 0 saturated carbocycles. The van der Waals surface area contributed by atoms with Crippen LogP contribution in [0.15, 0.2) is 0 Å². The lowest BCUT2D eigenvalue weighted by Crippen LogP contribution is -2.54. The summed E-state index contributed by atoms with van der Waals surface area (Å²) in [6.45, 7) is 8.53. The molecule has 5 nitrogen and oxygen atoms in total. The molecular weight excluding hydrogens is 284 g/mol. The van der Waals surface area contributed by atoms with Crippen molar-refractivity contribution < 1.29 is 5.11 Å². The molecule has 0 aromatic carbocycles. The Hall–Kier alpha value is -0.270. The summed E-state index contributed by atoms with van der Waals surface area (Å²) in [4.78, 5) is 4.75. The van der Waals surface area contributed by atoms with Crippen molar-refractivity contribution in [3.63, 3.8) is 0 Å². The van der Waals surface area contributed by atoms with Crippen LogP contribution in [0, 0.1) is 0 Å². The molecule has 2 rings (SSSR count). The Morgan fingerprint density at radius 3 is 2.89 bits per heavy atom. The Morgan fingerprint density at radius 1 is 1.53 bits per heavy atom. The zero-order valence-corrected chi connectivity index (χ0v) is 13.0. The van der Waals surface area contributed by atoms with Gasteiger partial charge < -0.3 is 5.11 Å². The lowest BCUT2D eigenvalue weighted by Gasteiger charge is -2.41. The van der Waals surface area contributed by atoms with E-state index in [1.165, 1.54) is 11.5 Å². The van der Waals surface area contributed by atoms with E-state index in [2.05, 4.69) is 26.3 Å². The number of piperazine rings is 1. The molecule has 2 atom stereocenters. The van der Waals surface area contributed by atoms with Crippen molar-refractivity contribution in [1.82, 2.24) is 19.4 Å². The molecule has 1 aliphatic rings. The third-order valence-electron chi connectivity index (χ3n) is 3.54. The molecular formula is C12H21ClN4OS. The van der Waals surface area contributed by atoms with Gasteiger partial charge in [0.2, 0.25) is 0 Å². The minimum atomic E-state index is -0.266. The fourth-order valence-electron chi connectivity index (χ4n) is 2.57. The van der Waals surface area contributed by atoms with Crippen LogP contribution in [0.5, 0.6) is 0 Å². The molecule has 7 heteroatoms. The van der Waals surface area contributed by atoms with Crippen LogP contribution in [0.2, 0.25) is 4.34 Å². The van der Waals surface area contributed by atoms with Crippen LogP contribution in [0.3, 0.4) is 0 Å². The smallest absolute Gasteiger partial charge is 0.138 e. The van der Waals surface area contributed by atoms with Gasteiger partial charge in [0, 0.05) is 50.3 Å². The Morgan fingerprint density at radius 2 is 2.32 bits per heavy atom. The topological polar surface area (TPSA) is 52.5 Å². The van der Waals surface area contributed by atoms with Crippen LogP contribution in [-0.4, -0.2) is 62.8 Å². The molecule has 1 aromatic heterocycles. The summed E-state index contributed by atoms with van der Waals surface area (Å²) in [5.41, 5.74) is 0.880. The number of aliphatic hydroxyl groups is 1. The summed E-state index contributed by atoms with van der Waals surface area (Å²) in [7, 11) is 0. The maximum absolute atomic E-state index is 9.54. The van der Waals surface area contributed by atoms with Gasteiger partial charge in [-0.15, -0.1) is 5.10 Å². The first kappa shape index (κ1) is 15.1. The average Bonchev–Trinajstić information content (AvgIpc) is 2.76. The van der Waals surface area contributed by atoms with Crippen LogP contribution < -0.4 is 0 Å². The molecule has 0 spiro atoms. The molecule has 2 heterocycles. The number of rotatable bonds is 5. The van der Waals surface area contributed by atoms with Crippen molar-refractivity contribution in [2.24, 2.45) is 0 Å². The second-order valence-electron chi connectivity index (χ2n) is 5.13. The summed E-state index contributed by atoms with van der Waals surface area (Å²) in [6.07, 6.45) is 0.824. The van der Waals surface area contributed by atoms with Gasteiger partial charge in [-0.05, 0) is 13.3 Å². The van der Waals surface area contributed by atoms with Gasteiger partial charge in [-0.1, -0.05) is 23.0 Å². The third-order valence-corrected chi connectivity index (χ3v) is 4.53. The standard InChI is InChI=1S/C12H21ClN4OS/c1-3-10-7-16(4-5-17(10)6-9(2)18)8-11-12(13)19-15-14-11/h9-10,18H,3-8H2,1-2H3/t9-,10-/m1/s1. The van der Waals surface area contributed by atoms with E-state index >= 15 is 0 Å². The van der Waals surface area contributed by atoms with E-state index in [1.807, 2.05) is 6.92 Å². The van der Waals surface area contributed by atoms with Crippen LogP contribution >= 0.6 is 23.1 Å². The maximum atomic E-state index is 9.54. The first-order valence-electron chi connectivity index (χ1n) is 6.71. The summed E-state index contributed by atoms with van der Waals surface area (Å²) in [5.74, 6) is 0. The van der Waals surface area contributed by atoms with E-state index in [0.29, 0.717) is 10.4 Å². The lowest BCUT2D eigenvalue weighted by molar-refractivity contribution is 0.0333. The van der Waals surface area contributed by atoms with E-state index in [9.17, 15) is 5.11 Å². The molecule has 19 heavy (non-hydrogen) atoms. The van der Waals surface area contributed by atoms with Gasteiger partial charge in [-0.2, -0.15) is 0 Å². The fraction of sp³-hybridized carbons (Fsp3) is 0.833. The Kier molecular flexibility index (Phi) is 5.53. The molecule has 1 fully saturated rings. The molecule has 0 bridgehead atoms. The highest BCUT2D eigenvalue weighted by molar-refractivity contribution is 7.10. The predicted octanol–water partition coefficient (Wildman–Crippen LogP) is 1.47. The molecule has 0 radical (unpaired) electrons. The summed E-state index contributed by atoms with van der Waals surface area (Å²) in [6, 6.07) is 0.494. The van der Waals surface area contributed by atoms with Crippen molar-refractivity contribution in [3.8, 4) is 0 Å². The van der Waals surface area contributed by atoms with Crippen LogP contribution in [0.1, 0.15) is 26.0 Å². The number of aromatic nitrogens is 2. The zero-order valence-electron chi connectivity index (χ0n) is 11.4. The fourth-order valence-corrected chi connectivity index (χ4v) is 3.18.